The molecule has 10 unspecified atom stereocenters. The molecule has 3 saturated heterocycles. The molecule has 0 spiro atoms. The van der Waals surface area contributed by atoms with Gasteiger partial charge in [0, 0.05) is 0 Å². The molecule has 0 bridgehead atoms. The fourth-order valence-corrected chi connectivity index (χ4v) is 6.61. The molecular weight excluding hydrogens is 412 g/mol. The average Bonchev–Trinajstić information content (AvgIpc) is 3.68. The Bertz CT molecular complexity index is 814. The Kier molecular flexibility index (Phi) is 4.78. The highest BCUT2D eigenvalue weighted by molar-refractivity contribution is 5.83. The lowest BCUT2D eigenvalue weighted by molar-refractivity contribution is -0.164. The first kappa shape index (κ1) is 21.4. The number of hydrogen-bond donors (Lipinski definition) is 0. The van der Waals surface area contributed by atoms with Crippen LogP contribution >= 0.6 is 0 Å². The molecule has 0 radical (unpaired) electrons. The van der Waals surface area contributed by atoms with E-state index in [9.17, 15) is 9.59 Å². The Labute approximate surface area is 189 Å². The maximum Gasteiger partial charge on any atom is 0.309 e. The van der Waals surface area contributed by atoms with E-state index < -0.39 is 11.8 Å². The van der Waals surface area contributed by atoms with Gasteiger partial charge in [-0.3, -0.25) is 9.59 Å². The number of fused-ring (bicyclic) bond motifs is 3. The molecule has 0 aromatic rings. The third-order valence-electron chi connectivity index (χ3n) is 9.41. The predicted octanol–water partition coefficient (Wildman–Crippen LogP) is 3.17. The van der Waals surface area contributed by atoms with Crippen LogP contribution in [0.2, 0.25) is 0 Å². The highest BCUT2D eigenvalue weighted by Gasteiger charge is 2.62. The molecular formula is C25H36O7. The van der Waals surface area contributed by atoms with Gasteiger partial charge in [0.2, 0.25) is 0 Å². The van der Waals surface area contributed by atoms with Gasteiger partial charge < -0.3 is 23.7 Å². The lowest BCUT2D eigenvalue weighted by atomic mass is 9.74. The van der Waals surface area contributed by atoms with Crippen LogP contribution in [0.25, 0.3) is 0 Å². The molecule has 0 N–H and O–H groups in total. The molecule has 10 atom stereocenters. The van der Waals surface area contributed by atoms with Crippen LogP contribution < -0.4 is 0 Å². The molecule has 3 saturated carbocycles. The van der Waals surface area contributed by atoms with Gasteiger partial charge in [-0.2, -0.15) is 0 Å². The van der Waals surface area contributed by atoms with Crippen molar-refractivity contribution in [2.24, 2.45) is 23.7 Å². The van der Waals surface area contributed by atoms with Crippen molar-refractivity contribution in [3.05, 3.63) is 0 Å². The van der Waals surface area contributed by atoms with Gasteiger partial charge in [-0.05, 0) is 84.0 Å². The van der Waals surface area contributed by atoms with Crippen molar-refractivity contribution in [3.8, 4) is 0 Å². The molecule has 6 fully saturated rings. The Hall–Kier alpha value is -1.18. The topological polar surface area (TPSA) is 90.2 Å². The van der Waals surface area contributed by atoms with Crippen molar-refractivity contribution in [2.75, 3.05) is 13.2 Å². The van der Waals surface area contributed by atoms with Crippen LogP contribution in [-0.2, 0) is 33.3 Å². The Morgan fingerprint density at radius 2 is 1.19 bits per heavy atom. The second kappa shape index (κ2) is 7.16. The summed E-state index contributed by atoms with van der Waals surface area (Å²) in [5.41, 5.74) is -0.171. The van der Waals surface area contributed by atoms with Crippen LogP contribution in [0.1, 0.15) is 72.1 Å². The smallest absolute Gasteiger partial charge is 0.309 e. The summed E-state index contributed by atoms with van der Waals surface area (Å²) in [4.78, 5) is 26.1. The van der Waals surface area contributed by atoms with E-state index in [2.05, 4.69) is 13.8 Å². The quantitative estimate of drug-likeness (QED) is 0.455. The zero-order valence-corrected chi connectivity index (χ0v) is 19.5. The summed E-state index contributed by atoms with van der Waals surface area (Å²) in [6, 6.07) is 0. The fourth-order valence-electron chi connectivity index (χ4n) is 6.61. The fraction of sp³-hybridized carbons (Fsp3) is 0.920. The Balaban J connectivity index is 1.03. The first-order valence-electron chi connectivity index (χ1n) is 12.5. The third kappa shape index (κ3) is 3.78. The van der Waals surface area contributed by atoms with Gasteiger partial charge in [-0.25, -0.2) is 0 Å². The van der Waals surface area contributed by atoms with Crippen molar-refractivity contribution in [1.29, 1.82) is 0 Å². The summed E-state index contributed by atoms with van der Waals surface area (Å²) in [6.45, 7) is 7.18. The van der Waals surface area contributed by atoms with Gasteiger partial charge in [0.25, 0.3) is 0 Å². The van der Waals surface area contributed by atoms with Gasteiger partial charge in [-0.15, -0.1) is 0 Å². The van der Waals surface area contributed by atoms with Gasteiger partial charge in [0.15, 0.2) is 0 Å². The minimum Gasteiger partial charge on any atom is -0.465 e. The van der Waals surface area contributed by atoms with E-state index in [1.807, 2.05) is 6.92 Å². The SMILES string of the molecule is CC12CCC(COC(=O)C3CC4OC4(C)CC3C(=O)OCC3CCC4(C)OC4C3)CC1O2. The molecule has 7 nitrogen and oxygen atoms in total. The largest absolute Gasteiger partial charge is 0.465 e. The molecule has 0 amide bonds. The number of esters is 2. The molecule has 3 heterocycles. The summed E-state index contributed by atoms with van der Waals surface area (Å²) >= 11 is 0. The van der Waals surface area contributed by atoms with Crippen LogP contribution in [0.4, 0.5) is 0 Å². The molecule has 0 aromatic heterocycles. The minimum atomic E-state index is -0.487. The molecule has 7 heteroatoms. The molecule has 32 heavy (non-hydrogen) atoms. The van der Waals surface area contributed by atoms with E-state index in [-0.39, 0.29) is 34.8 Å². The highest BCUT2D eigenvalue weighted by atomic mass is 16.6. The molecule has 6 aliphatic rings. The van der Waals surface area contributed by atoms with Gasteiger partial charge in [0.1, 0.15) is 0 Å². The van der Waals surface area contributed by atoms with Gasteiger partial charge >= 0.3 is 11.9 Å². The zero-order valence-electron chi connectivity index (χ0n) is 19.5. The maximum atomic E-state index is 13.1. The first-order chi connectivity index (χ1) is 15.2. The van der Waals surface area contributed by atoms with Crippen LogP contribution in [0, 0.1) is 23.7 Å². The second-order valence-corrected chi connectivity index (χ2v) is 12.0. The number of rotatable bonds is 6. The number of epoxide rings is 3. The van der Waals surface area contributed by atoms with E-state index >= 15 is 0 Å². The summed E-state index contributed by atoms with van der Waals surface area (Å²) < 4.78 is 28.9. The van der Waals surface area contributed by atoms with Crippen molar-refractivity contribution in [2.45, 2.75) is 107 Å². The number of hydrogen-bond acceptors (Lipinski definition) is 7. The summed E-state index contributed by atoms with van der Waals surface area (Å²) in [5.74, 6) is -0.816. The summed E-state index contributed by atoms with van der Waals surface area (Å²) in [6.07, 6.45) is 7.74. The zero-order chi connectivity index (χ0) is 22.3. The maximum absolute atomic E-state index is 13.1. The Morgan fingerprint density at radius 3 is 1.72 bits per heavy atom. The molecule has 0 aromatic carbocycles. The second-order valence-electron chi connectivity index (χ2n) is 12.0. The van der Waals surface area contributed by atoms with Crippen molar-refractivity contribution < 1.29 is 33.3 Å². The number of carbonyl (C=O) groups is 2. The molecule has 6 rings (SSSR count). The van der Waals surface area contributed by atoms with Crippen molar-refractivity contribution in [1.82, 2.24) is 0 Å². The lowest BCUT2D eigenvalue weighted by Crippen LogP contribution is -2.41. The monoisotopic (exact) mass is 448 g/mol. The molecule has 3 aliphatic carbocycles. The van der Waals surface area contributed by atoms with Crippen molar-refractivity contribution >= 4 is 11.9 Å². The predicted molar refractivity (Wildman–Crippen MR) is 113 cm³/mol. The van der Waals surface area contributed by atoms with E-state index in [0.29, 0.717) is 50.1 Å². The lowest BCUT2D eigenvalue weighted by Gasteiger charge is -2.30. The Morgan fingerprint density at radius 1 is 0.719 bits per heavy atom. The van der Waals surface area contributed by atoms with Crippen LogP contribution in [0.15, 0.2) is 0 Å². The van der Waals surface area contributed by atoms with Gasteiger partial charge in [-0.1, -0.05) is 0 Å². The van der Waals surface area contributed by atoms with E-state index in [0.717, 1.165) is 38.5 Å². The summed E-state index contributed by atoms with van der Waals surface area (Å²) in [5, 5.41) is 0. The van der Waals surface area contributed by atoms with Crippen LogP contribution in [0.3, 0.4) is 0 Å². The average molecular weight is 449 g/mol. The van der Waals surface area contributed by atoms with E-state index in [1.54, 1.807) is 0 Å². The first-order valence-corrected chi connectivity index (χ1v) is 12.5. The third-order valence-corrected chi connectivity index (χ3v) is 9.41. The van der Waals surface area contributed by atoms with Crippen molar-refractivity contribution in [3.63, 3.8) is 0 Å². The number of carbonyl (C=O) groups excluding carboxylic acids is 2. The standard InChI is InChI=1S/C25H36O7/c1-23-6-4-14(8-18(23)30-23)12-28-21(26)16-10-20-25(3,32-20)11-17(16)22(27)29-13-15-5-7-24(2)19(9-15)31-24/h14-20H,4-13H2,1-3H3. The minimum absolute atomic E-state index is 0.0439. The molecule has 3 aliphatic heterocycles. The van der Waals surface area contributed by atoms with E-state index in [1.165, 1.54) is 0 Å². The van der Waals surface area contributed by atoms with Crippen LogP contribution in [0.5, 0.6) is 0 Å². The number of ether oxygens (including phenoxy) is 5. The molecule has 178 valence electrons. The van der Waals surface area contributed by atoms with E-state index in [4.69, 9.17) is 23.7 Å². The normalized spacial score (nSPS) is 52.7. The van der Waals surface area contributed by atoms with Crippen LogP contribution in [-0.4, -0.2) is 60.3 Å². The highest BCUT2D eigenvalue weighted by Crippen LogP contribution is 2.53. The summed E-state index contributed by atoms with van der Waals surface area (Å²) in [7, 11) is 0. The van der Waals surface area contributed by atoms with Gasteiger partial charge in [0.05, 0.1) is 60.2 Å².